The zero-order valence-corrected chi connectivity index (χ0v) is 15.3. The Morgan fingerprint density at radius 3 is 2.50 bits per heavy atom. The number of aryl methyl sites for hydroxylation is 1. The molecule has 0 saturated heterocycles. The van der Waals surface area contributed by atoms with E-state index in [9.17, 15) is 4.39 Å². The van der Waals surface area contributed by atoms with Gasteiger partial charge in [-0.05, 0) is 32.0 Å². The van der Waals surface area contributed by atoms with E-state index in [1.807, 2.05) is 61.1 Å². The molecule has 0 unspecified atom stereocenters. The molecule has 4 nitrogen and oxygen atoms in total. The van der Waals surface area contributed by atoms with Crippen molar-refractivity contribution in [1.29, 1.82) is 0 Å². The molecule has 26 heavy (non-hydrogen) atoms. The maximum atomic E-state index is 14.1. The van der Waals surface area contributed by atoms with Crippen LogP contribution >= 0.6 is 0 Å². The van der Waals surface area contributed by atoms with E-state index < -0.39 is 0 Å². The smallest absolute Gasteiger partial charge is 0.129 e. The van der Waals surface area contributed by atoms with Crippen molar-refractivity contribution < 1.29 is 9.13 Å². The average Bonchev–Trinajstić information content (AvgIpc) is 3.03. The lowest BCUT2D eigenvalue weighted by molar-refractivity contribution is 0.0700. The third-order valence-electron chi connectivity index (χ3n) is 4.56. The summed E-state index contributed by atoms with van der Waals surface area (Å²) in [5.74, 6) is -0.249. The number of hydrogen-bond acceptors (Lipinski definition) is 3. The Kier molecular flexibility index (Phi) is 5.81. The molecule has 5 heteroatoms. The van der Waals surface area contributed by atoms with Crippen LogP contribution in [-0.4, -0.2) is 22.9 Å². The van der Waals surface area contributed by atoms with Gasteiger partial charge in [0.1, 0.15) is 5.82 Å². The maximum absolute atomic E-state index is 14.1. The second kappa shape index (κ2) is 8.25. The van der Waals surface area contributed by atoms with Gasteiger partial charge in [-0.2, -0.15) is 5.10 Å². The van der Waals surface area contributed by atoms with E-state index in [1.165, 1.54) is 6.07 Å². The quantitative estimate of drug-likeness (QED) is 0.692. The Morgan fingerprint density at radius 1 is 1.12 bits per heavy atom. The number of para-hydroxylation sites is 1. The van der Waals surface area contributed by atoms with Gasteiger partial charge < -0.3 is 10.1 Å². The van der Waals surface area contributed by atoms with Gasteiger partial charge in [-0.15, -0.1) is 0 Å². The van der Waals surface area contributed by atoms with Crippen LogP contribution in [0.1, 0.15) is 29.8 Å². The van der Waals surface area contributed by atoms with Crippen molar-refractivity contribution in [3.8, 4) is 5.69 Å². The molecule has 2 aromatic carbocycles. The fourth-order valence-electron chi connectivity index (χ4n) is 3.07. The molecular formula is C21H24FN3O. The van der Waals surface area contributed by atoms with Gasteiger partial charge in [0, 0.05) is 37.0 Å². The molecule has 136 valence electrons. The van der Waals surface area contributed by atoms with Crippen LogP contribution in [0.3, 0.4) is 0 Å². The molecule has 1 aromatic heterocycles. The first-order valence-corrected chi connectivity index (χ1v) is 8.71. The summed E-state index contributed by atoms with van der Waals surface area (Å²) in [6.45, 7) is 4.62. The van der Waals surface area contributed by atoms with E-state index in [-0.39, 0.29) is 18.0 Å². The summed E-state index contributed by atoms with van der Waals surface area (Å²) in [5.41, 5.74) is 3.65. The highest BCUT2D eigenvalue weighted by Gasteiger charge is 2.22. The van der Waals surface area contributed by atoms with Crippen molar-refractivity contribution in [2.45, 2.75) is 32.5 Å². The van der Waals surface area contributed by atoms with Crippen LogP contribution in [0.25, 0.3) is 5.69 Å². The summed E-state index contributed by atoms with van der Waals surface area (Å²) in [6, 6.07) is 16.7. The van der Waals surface area contributed by atoms with Crippen molar-refractivity contribution >= 4 is 0 Å². The van der Waals surface area contributed by atoms with Crippen molar-refractivity contribution in [3.63, 3.8) is 0 Å². The standard InChI is InChI=1S/C21H24FN3O/c1-15-17(14-25(24-15)18-9-5-4-6-10-18)13-23-16(2)21(26-3)19-11-7-8-12-20(19)22/h4-12,14,16,21,23H,13H2,1-3H3/t16-,21+/m0/s1. The summed E-state index contributed by atoms with van der Waals surface area (Å²) >= 11 is 0. The van der Waals surface area contributed by atoms with E-state index in [0.29, 0.717) is 12.1 Å². The van der Waals surface area contributed by atoms with Crippen LogP contribution in [0, 0.1) is 12.7 Å². The summed E-state index contributed by atoms with van der Waals surface area (Å²) in [7, 11) is 1.61. The molecule has 0 spiro atoms. The van der Waals surface area contributed by atoms with Crippen molar-refractivity contribution in [3.05, 3.63) is 83.4 Å². The van der Waals surface area contributed by atoms with Gasteiger partial charge in [-0.1, -0.05) is 36.4 Å². The number of hydrogen-bond donors (Lipinski definition) is 1. The first-order valence-electron chi connectivity index (χ1n) is 8.71. The van der Waals surface area contributed by atoms with Gasteiger partial charge in [0.15, 0.2) is 0 Å². The fraction of sp³-hybridized carbons (Fsp3) is 0.286. The van der Waals surface area contributed by atoms with Crippen molar-refractivity contribution in [2.75, 3.05) is 7.11 Å². The Labute approximate surface area is 153 Å². The molecule has 0 aliphatic carbocycles. The number of halogens is 1. The number of methoxy groups -OCH3 is 1. The summed E-state index contributed by atoms with van der Waals surface area (Å²) in [6.07, 6.45) is 1.66. The van der Waals surface area contributed by atoms with E-state index in [4.69, 9.17) is 4.74 Å². The van der Waals surface area contributed by atoms with Crippen LogP contribution < -0.4 is 5.32 Å². The summed E-state index contributed by atoms with van der Waals surface area (Å²) in [5, 5.41) is 8.02. The van der Waals surface area contributed by atoms with Crippen LogP contribution in [0.5, 0.6) is 0 Å². The topological polar surface area (TPSA) is 39.1 Å². The number of nitrogens with one attached hydrogen (secondary N) is 1. The largest absolute Gasteiger partial charge is 0.375 e. The fourth-order valence-corrected chi connectivity index (χ4v) is 3.07. The second-order valence-corrected chi connectivity index (χ2v) is 6.37. The molecule has 0 saturated carbocycles. The maximum Gasteiger partial charge on any atom is 0.129 e. The predicted octanol–water partition coefficient (Wildman–Crippen LogP) is 4.19. The molecule has 0 bridgehead atoms. The van der Waals surface area contributed by atoms with Crippen molar-refractivity contribution in [1.82, 2.24) is 15.1 Å². The Bertz CT molecular complexity index is 847. The highest BCUT2D eigenvalue weighted by atomic mass is 19.1. The highest BCUT2D eigenvalue weighted by Crippen LogP contribution is 2.23. The lowest BCUT2D eigenvalue weighted by atomic mass is 10.0. The second-order valence-electron chi connectivity index (χ2n) is 6.37. The molecule has 3 rings (SSSR count). The van der Waals surface area contributed by atoms with Gasteiger partial charge in [0.2, 0.25) is 0 Å². The van der Waals surface area contributed by atoms with Crippen LogP contribution in [0.2, 0.25) is 0 Å². The van der Waals surface area contributed by atoms with E-state index in [1.54, 1.807) is 19.2 Å². The number of benzene rings is 2. The summed E-state index contributed by atoms with van der Waals surface area (Å²) < 4.78 is 21.5. The summed E-state index contributed by atoms with van der Waals surface area (Å²) in [4.78, 5) is 0. The van der Waals surface area contributed by atoms with Gasteiger partial charge in [-0.3, -0.25) is 0 Å². The van der Waals surface area contributed by atoms with Gasteiger partial charge in [0.25, 0.3) is 0 Å². The van der Waals surface area contributed by atoms with Crippen LogP contribution in [-0.2, 0) is 11.3 Å². The molecule has 0 radical (unpaired) electrons. The number of rotatable bonds is 7. The van der Waals surface area contributed by atoms with E-state index >= 15 is 0 Å². The lowest BCUT2D eigenvalue weighted by Crippen LogP contribution is -2.33. The highest BCUT2D eigenvalue weighted by molar-refractivity contribution is 5.32. The minimum atomic E-state index is -0.360. The molecule has 2 atom stereocenters. The normalized spacial score (nSPS) is 13.5. The van der Waals surface area contributed by atoms with Gasteiger partial charge in [-0.25, -0.2) is 9.07 Å². The van der Waals surface area contributed by atoms with Crippen LogP contribution in [0.15, 0.2) is 60.8 Å². The third-order valence-corrected chi connectivity index (χ3v) is 4.56. The number of aromatic nitrogens is 2. The zero-order valence-electron chi connectivity index (χ0n) is 15.3. The molecule has 1 heterocycles. The molecular weight excluding hydrogens is 329 g/mol. The molecule has 3 aromatic rings. The first kappa shape index (κ1) is 18.3. The SMILES string of the molecule is CO[C@@H](c1ccccc1F)[C@H](C)NCc1cn(-c2ccccc2)nc1C. The molecule has 1 N–H and O–H groups in total. The lowest BCUT2D eigenvalue weighted by Gasteiger charge is -2.24. The predicted molar refractivity (Wildman–Crippen MR) is 101 cm³/mol. The first-order chi connectivity index (χ1) is 12.6. The molecule has 0 aliphatic rings. The average molecular weight is 353 g/mol. The third kappa shape index (κ3) is 4.00. The minimum absolute atomic E-state index is 0.0589. The Hall–Kier alpha value is -2.50. The van der Waals surface area contributed by atoms with E-state index in [0.717, 1.165) is 16.9 Å². The van der Waals surface area contributed by atoms with Gasteiger partial charge >= 0.3 is 0 Å². The van der Waals surface area contributed by atoms with E-state index in [2.05, 4.69) is 10.4 Å². The molecule has 0 amide bonds. The van der Waals surface area contributed by atoms with Crippen molar-refractivity contribution in [2.24, 2.45) is 0 Å². The number of nitrogens with zero attached hydrogens (tertiary/aromatic N) is 2. The Balaban J connectivity index is 1.70. The minimum Gasteiger partial charge on any atom is -0.375 e. The van der Waals surface area contributed by atoms with Gasteiger partial charge in [0.05, 0.1) is 17.5 Å². The molecule has 0 aliphatic heterocycles. The Morgan fingerprint density at radius 2 is 1.81 bits per heavy atom. The van der Waals surface area contributed by atoms with Crippen LogP contribution in [0.4, 0.5) is 4.39 Å². The monoisotopic (exact) mass is 353 g/mol. The zero-order chi connectivity index (χ0) is 18.5. The number of ether oxygens (including phenoxy) is 1. The molecule has 0 fully saturated rings.